The largest absolute Gasteiger partial charge is 0.497 e. The van der Waals surface area contributed by atoms with Gasteiger partial charge in [0.05, 0.1) is 25.6 Å². The first-order valence-corrected chi connectivity index (χ1v) is 11.2. The van der Waals surface area contributed by atoms with Crippen molar-refractivity contribution in [1.82, 2.24) is 5.32 Å². The second-order valence-electron chi connectivity index (χ2n) is 6.57. The van der Waals surface area contributed by atoms with Gasteiger partial charge >= 0.3 is 0 Å². The van der Waals surface area contributed by atoms with E-state index in [0.29, 0.717) is 11.4 Å². The molecule has 1 amide bonds. The number of anilines is 1. The summed E-state index contributed by atoms with van der Waals surface area (Å²) >= 11 is 0. The summed E-state index contributed by atoms with van der Waals surface area (Å²) in [7, 11) is -2.13. The molecule has 1 atom stereocenters. The van der Waals surface area contributed by atoms with Crippen LogP contribution in [0.25, 0.3) is 0 Å². The highest BCUT2D eigenvalue weighted by Crippen LogP contribution is 2.23. The molecular weight excluding hydrogens is 392 g/mol. The van der Waals surface area contributed by atoms with Crippen molar-refractivity contribution in [2.45, 2.75) is 26.3 Å². The van der Waals surface area contributed by atoms with E-state index in [1.54, 1.807) is 31.2 Å². The number of hydrogen-bond donors (Lipinski definition) is 1. The van der Waals surface area contributed by atoms with Crippen LogP contribution in [-0.4, -0.2) is 46.9 Å². The summed E-state index contributed by atoms with van der Waals surface area (Å²) in [6, 6.07) is 13.4. The lowest BCUT2D eigenvalue weighted by molar-refractivity contribution is -0.121. The van der Waals surface area contributed by atoms with Crippen LogP contribution in [0.4, 0.5) is 5.69 Å². The summed E-state index contributed by atoms with van der Waals surface area (Å²) in [5.41, 5.74) is 1.61. The summed E-state index contributed by atoms with van der Waals surface area (Å²) in [6.07, 6.45) is 2.03. The van der Waals surface area contributed by atoms with E-state index in [1.165, 1.54) is 12.7 Å². The van der Waals surface area contributed by atoms with Crippen LogP contribution in [0, 0.1) is 0 Å². The predicted molar refractivity (Wildman–Crippen MR) is 114 cm³/mol. The Morgan fingerprint density at radius 3 is 2.17 bits per heavy atom. The molecule has 0 radical (unpaired) electrons. The molecule has 0 aliphatic heterocycles. The lowest BCUT2D eigenvalue weighted by Crippen LogP contribution is -2.48. The SMILES string of the molecule is CCc1ccc(OCCNC(=O)[C@@H](C)N(c2ccc(OC)cc2)S(C)(=O)=O)cc1. The molecule has 0 saturated carbocycles. The maximum atomic E-state index is 12.5. The first-order chi connectivity index (χ1) is 13.8. The number of methoxy groups -OCH3 is 1. The van der Waals surface area contributed by atoms with E-state index in [4.69, 9.17) is 9.47 Å². The molecule has 29 heavy (non-hydrogen) atoms. The Labute approximate surface area is 172 Å². The van der Waals surface area contributed by atoms with Gasteiger partial charge in [0.2, 0.25) is 15.9 Å². The van der Waals surface area contributed by atoms with E-state index >= 15 is 0 Å². The van der Waals surface area contributed by atoms with Gasteiger partial charge in [-0.25, -0.2) is 8.42 Å². The average molecular weight is 421 g/mol. The number of rotatable bonds is 10. The highest BCUT2D eigenvalue weighted by atomic mass is 32.2. The van der Waals surface area contributed by atoms with Crippen LogP contribution in [0.5, 0.6) is 11.5 Å². The quantitative estimate of drug-likeness (QED) is 0.597. The van der Waals surface area contributed by atoms with E-state index in [-0.39, 0.29) is 13.2 Å². The molecule has 0 saturated heterocycles. The van der Waals surface area contributed by atoms with Gasteiger partial charge in [0, 0.05) is 0 Å². The molecule has 0 aliphatic carbocycles. The normalized spacial score (nSPS) is 12.1. The molecule has 0 aromatic heterocycles. The third-order valence-corrected chi connectivity index (χ3v) is 5.66. The summed E-state index contributed by atoms with van der Waals surface area (Å²) in [4.78, 5) is 12.5. The Morgan fingerprint density at radius 1 is 1.07 bits per heavy atom. The maximum absolute atomic E-state index is 12.5. The number of sulfonamides is 1. The summed E-state index contributed by atoms with van der Waals surface area (Å²) < 4.78 is 36.4. The minimum atomic E-state index is -3.66. The van der Waals surface area contributed by atoms with E-state index < -0.39 is 22.0 Å². The fourth-order valence-electron chi connectivity index (χ4n) is 2.85. The van der Waals surface area contributed by atoms with Gasteiger partial charge in [0.25, 0.3) is 0 Å². The second kappa shape index (κ2) is 10.2. The first kappa shape index (κ1) is 22.5. The topological polar surface area (TPSA) is 84.9 Å². The number of nitrogens with one attached hydrogen (secondary N) is 1. The molecule has 8 heteroatoms. The molecule has 0 bridgehead atoms. The monoisotopic (exact) mass is 420 g/mol. The zero-order chi connectivity index (χ0) is 21.4. The number of aryl methyl sites for hydroxylation is 1. The molecule has 1 N–H and O–H groups in total. The molecule has 158 valence electrons. The average Bonchev–Trinajstić information content (AvgIpc) is 2.71. The van der Waals surface area contributed by atoms with Crippen molar-refractivity contribution in [3.05, 3.63) is 54.1 Å². The van der Waals surface area contributed by atoms with E-state index in [1.807, 2.05) is 24.3 Å². The van der Waals surface area contributed by atoms with Crippen molar-refractivity contribution in [3.8, 4) is 11.5 Å². The Morgan fingerprint density at radius 2 is 1.66 bits per heavy atom. The van der Waals surface area contributed by atoms with Crippen LogP contribution in [0.1, 0.15) is 19.4 Å². The molecule has 2 aromatic rings. The number of nitrogens with zero attached hydrogens (tertiary/aromatic N) is 1. The van der Waals surface area contributed by atoms with E-state index in [0.717, 1.165) is 22.7 Å². The van der Waals surface area contributed by atoms with Gasteiger partial charge in [0.1, 0.15) is 24.1 Å². The molecule has 0 fully saturated rings. The number of amides is 1. The smallest absolute Gasteiger partial charge is 0.243 e. The van der Waals surface area contributed by atoms with Crippen LogP contribution in [0.2, 0.25) is 0 Å². The molecule has 0 aliphatic rings. The van der Waals surface area contributed by atoms with Crippen molar-refractivity contribution in [1.29, 1.82) is 0 Å². The fraction of sp³-hybridized carbons (Fsp3) is 0.381. The highest BCUT2D eigenvalue weighted by molar-refractivity contribution is 7.92. The fourth-order valence-corrected chi connectivity index (χ4v) is 4.02. The number of ether oxygens (including phenoxy) is 2. The first-order valence-electron chi connectivity index (χ1n) is 9.39. The molecule has 2 rings (SSSR count). The van der Waals surface area contributed by atoms with Crippen LogP contribution >= 0.6 is 0 Å². The number of carbonyl (C=O) groups is 1. The lowest BCUT2D eigenvalue weighted by Gasteiger charge is -2.28. The van der Waals surface area contributed by atoms with E-state index in [2.05, 4.69) is 12.2 Å². The van der Waals surface area contributed by atoms with Gasteiger partial charge in [-0.3, -0.25) is 9.10 Å². The van der Waals surface area contributed by atoms with Crippen molar-refractivity contribution < 1.29 is 22.7 Å². The number of benzene rings is 2. The molecule has 2 aromatic carbocycles. The third kappa shape index (κ3) is 6.39. The Bertz CT molecular complexity index is 896. The standard InChI is InChI=1S/C21H28N2O5S/c1-5-17-6-10-20(11-7-17)28-15-14-22-21(24)16(2)23(29(4,25)26)18-8-12-19(27-3)13-9-18/h6-13,16H,5,14-15H2,1-4H3,(H,22,24)/t16-/m1/s1. The minimum absolute atomic E-state index is 0.263. The molecule has 0 spiro atoms. The zero-order valence-corrected chi connectivity index (χ0v) is 18.0. The zero-order valence-electron chi connectivity index (χ0n) is 17.2. The number of hydrogen-bond acceptors (Lipinski definition) is 5. The minimum Gasteiger partial charge on any atom is -0.497 e. The van der Waals surface area contributed by atoms with Crippen molar-refractivity contribution in [3.63, 3.8) is 0 Å². The van der Waals surface area contributed by atoms with Crippen LogP contribution in [0.3, 0.4) is 0 Å². The van der Waals surface area contributed by atoms with Gasteiger partial charge in [-0.1, -0.05) is 19.1 Å². The van der Waals surface area contributed by atoms with Gasteiger partial charge in [-0.05, 0) is 55.3 Å². The summed E-state index contributed by atoms with van der Waals surface area (Å²) in [5, 5.41) is 2.73. The van der Waals surface area contributed by atoms with Crippen molar-refractivity contribution in [2.75, 3.05) is 30.8 Å². The van der Waals surface area contributed by atoms with Crippen LogP contribution in [0.15, 0.2) is 48.5 Å². The van der Waals surface area contributed by atoms with Crippen molar-refractivity contribution in [2.24, 2.45) is 0 Å². The van der Waals surface area contributed by atoms with Gasteiger partial charge in [0.15, 0.2) is 0 Å². The molecular formula is C21H28N2O5S. The highest BCUT2D eigenvalue weighted by Gasteiger charge is 2.28. The summed E-state index contributed by atoms with van der Waals surface area (Å²) in [6.45, 7) is 4.17. The molecule has 0 unspecified atom stereocenters. The maximum Gasteiger partial charge on any atom is 0.243 e. The number of carbonyl (C=O) groups excluding carboxylic acids is 1. The van der Waals surface area contributed by atoms with Gasteiger partial charge in [-0.15, -0.1) is 0 Å². The summed E-state index contributed by atoms with van der Waals surface area (Å²) in [5.74, 6) is 0.917. The lowest BCUT2D eigenvalue weighted by atomic mass is 10.2. The second-order valence-corrected chi connectivity index (χ2v) is 8.43. The third-order valence-electron chi connectivity index (χ3n) is 4.42. The van der Waals surface area contributed by atoms with E-state index in [9.17, 15) is 13.2 Å². The molecule has 7 nitrogen and oxygen atoms in total. The molecule has 0 heterocycles. The Hall–Kier alpha value is -2.74. The van der Waals surface area contributed by atoms with Crippen LogP contribution in [-0.2, 0) is 21.2 Å². The Kier molecular flexibility index (Phi) is 7.90. The van der Waals surface area contributed by atoms with Gasteiger partial charge in [-0.2, -0.15) is 0 Å². The predicted octanol–water partition coefficient (Wildman–Crippen LogP) is 2.61. The van der Waals surface area contributed by atoms with Gasteiger partial charge < -0.3 is 14.8 Å². The van der Waals surface area contributed by atoms with Crippen molar-refractivity contribution >= 4 is 21.6 Å². The Balaban J connectivity index is 1.95. The van der Waals surface area contributed by atoms with Crippen LogP contribution < -0.4 is 19.1 Å².